The molecule has 0 radical (unpaired) electrons. The molecule has 2 N–H and O–H groups in total. The van der Waals surface area contributed by atoms with E-state index in [-0.39, 0.29) is 0 Å². The summed E-state index contributed by atoms with van der Waals surface area (Å²) >= 11 is 0. The maximum absolute atomic E-state index is 9.65. The highest BCUT2D eigenvalue weighted by molar-refractivity contribution is 4.72. The summed E-state index contributed by atoms with van der Waals surface area (Å²) in [4.78, 5) is 0. The Kier molecular flexibility index (Phi) is 5.57. The molecule has 0 amide bonds. The molecule has 1 heterocycles. The summed E-state index contributed by atoms with van der Waals surface area (Å²) in [5.41, 5.74) is 0. The molecule has 0 aromatic carbocycles. The van der Waals surface area contributed by atoms with E-state index in [1.54, 1.807) is 10.9 Å². The lowest BCUT2D eigenvalue weighted by atomic mass is 10.3. The average molecular weight is 254 g/mol. The molecular formula is C12H22N4O2. The van der Waals surface area contributed by atoms with Gasteiger partial charge in [0.15, 0.2) is 0 Å². The first-order chi connectivity index (χ1) is 8.84. The van der Waals surface area contributed by atoms with Gasteiger partial charge in [-0.15, -0.1) is 5.10 Å². The lowest BCUT2D eigenvalue weighted by molar-refractivity contribution is 0.0326. The Morgan fingerprint density at radius 1 is 1.50 bits per heavy atom. The van der Waals surface area contributed by atoms with Gasteiger partial charge in [-0.1, -0.05) is 5.21 Å². The SMILES string of the molecule is OC(CNCCCn1ccnn1)COCC1CC1. The Morgan fingerprint density at radius 2 is 2.39 bits per heavy atom. The number of hydrogen-bond acceptors (Lipinski definition) is 5. The number of nitrogens with zero attached hydrogens (tertiary/aromatic N) is 3. The van der Waals surface area contributed by atoms with Gasteiger partial charge in [-0.25, -0.2) is 0 Å². The number of hydrogen-bond donors (Lipinski definition) is 2. The molecule has 1 aliphatic rings. The van der Waals surface area contributed by atoms with Gasteiger partial charge in [0.25, 0.3) is 0 Å². The second-order valence-electron chi connectivity index (χ2n) is 4.86. The second kappa shape index (κ2) is 7.45. The minimum atomic E-state index is -0.407. The Balaban J connectivity index is 1.39. The fourth-order valence-corrected chi connectivity index (χ4v) is 1.70. The fraction of sp³-hybridized carbons (Fsp3) is 0.833. The third-order valence-corrected chi connectivity index (χ3v) is 2.95. The molecule has 1 atom stereocenters. The Labute approximate surface area is 107 Å². The summed E-state index contributed by atoms with van der Waals surface area (Å²) in [5.74, 6) is 0.757. The average Bonchev–Trinajstić information content (AvgIpc) is 3.03. The molecule has 6 heteroatoms. The van der Waals surface area contributed by atoms with E-state index in [0.29, 0.717) is 13.2 Å². The van der Waals surface area contributed by atoms with Crippen LogP contribution in [0, 0.1) is 5.92 Å². The largest absolute Gasteiger partial charge is 0.389 e. The fourth-order valence-electron chi connectivity index (χ4n) is 1.70. The van der Waals surface area contributed by atoms with E-state index in [2.05, 4.69) is 15.6 Å². The van der Waals surface area contributed by atoms with E-state index >= 15 is 0 Å². The normalized spacial score (nSPS) is 16.9. The summed E-state index contributed by atoms with van der Waals surface area (Å²) in [6, 6.07) is 0. The predicted molar refractivity (Wildman–Crippen MR) is 67.1 cm³/mol. The van der Waals surface area contributed by atoms with Gasteiger partial charge in [-0.3, -0.25) is 4.68 Å². The van der Waals surface area contributed by atoms with Crippen molar-refractivity contribution in [1.29, 1.82) is 0 Å². The highest BCUT2D eigenvalue weighted by Crippen LogP contribution is 2.28. The van der Waals surface area contributed by atoms with E-state index in [4.69, 9.17) is 4.74 Å². The van der Waals surface area contributed by atoms with Crippen LogP contribution >= 0.6 is 0 Å². The molecule has 1 fully saturated rings. The Morgan fingerprint density at radius 3 is 3.11 bits per heavy atom. The number of aromatic nitrogens is 3. The number of aryl methyl sites for hydroxylation is 1. The van der Waals surface area contributed by atoms with Crippen LogP contribution in [0.1, 0.15) is 19.3 Å². The third-order valence-electron chi connectivity index (χ3n) is 2.95. The van der Waals surface area contributed by atoms with E-state index in [1.807, 2.05) is 6.20 Å². The number of aliphatic hydroxyl groups is 1. The first-order valence-electron chi connectivity index (χ1n) is 6.65. The van der Waals surface area contributed by atoms with Crippen LogP contribution in [-0.4, -0.2) is 52.5 Å². The van der Waals surface area contributed by atoms with Crippen molar-refractivity contribution in [3.63, 3.8) is 0 Å². The van der Waals surface area contributed by atoms with Crippen LogP contribution in [-0.2, 0) is 11.3 Å². The van der Waals surface area contributed by atoms with Crippen molar-refractivity contribution in [3.05, 3.63) is 12.4 Å². The topological polar surface area (TPSA) is 72.2 Å². The van der Waals surface area contributed by atoms with Crippen molar-refractivity contribution in [1.82, 2.24) is 20.3 Å². The van der Waals surface area contributed by atoms with Crippen LogP contribution in [0.4, 0.5) is 0 Å². The van der Waals surface area contributed by atoms with E-state index in [1.165, 1.54) is 12.8 Å². The van der Waals surface area contributed by atoms with Gasteiger partial charge < -0.3 is 15.2 Å². The van der Waals surface area contributed by atoms with E-state index in [9.17, 15) is 5.11 Å². The van der Waals surface area contributed by atoms with Gasteiger partial charge in [-0.2, -0.15) is 0 Å². The molecule has 0 aliphatic heterocycles. The Hall–Kier alpha value is -0.980. The van der Waals surface area contributed by atoms with Crippen LogP contribution in [0.5, 0.6) is 0 Å². The van der Waals surface area contributed by atoms with Crippen molar-refractivity contribution in [3.8, 4) is 0 Å². The summed E-state index contributed by atoms with van der Waals surface area (Å²) in [5, 5.41) is 20.5. The molecule has 0 saturated heterocycles. The maximum atomic E-state index is 9.65. The quantitative estimate of drug-likeness (QED) is 0.577. The standard InChI is InChI=1S/C12H22N4O2/c17-12(10-18-9-11-2-3-11)8-13-4-1-6-16-7-5-14-15-16/h5,7,11-13,17H,1-4,6,8-10H2. The van der Waals surface area contributed by atoms with Crippen LogP contribution in [0.25, 0.3) is 0 Å². The zero-order chi connectivity index (χ0) is 12.6. The number of nitrogens with one attached hydrogen (secondary N) is 1. The van der Waals surface area contributed by atoms with Gasteiger partial charge in [0, 0.05) is 25.9 Å². The molecule has 6 nitrogen and oxygen atoms in total. The molecule has 1 aromatic heterocycles. The maximum Gasteiger partial charge on any atom is 0.0897 e. The van der Waals surface area contributed by atoms with Gasteiger partial charge >= 0.3 is 0 Å². The highest BCUT2D eigenvalue weighted by atomic mass is 16.5. The minimum Gasteiger partial charge on any atom is -0.389 e. The van der Waals surface area contributed by atoms with Gasteiger partial charge in [-0.05, 0) is 31.7 Å². The first kappa shape index (κ1) is 13.5. The molecule has 1 saturated carbocycles. The third kappa shape index (κ3) is 5.57. The lowest BCUT2D eigenvalue weighted by Crippen LogP contribution is -2.31. The van der Waals surface area contributed by atoms with Crippen molar-refractivity contribution in [2.75, 3.05) is 26.3 Å². The van der Waals surface area contributed by atoms with Crippen LogP contribution in [0.2, 0.25) is 0 Å². The van der Waals surface area contributed by atoms with Crippen LogP contribution in [0.15, 0.2) is 12.4 Å². The predicted octanol–water partition coefficient (Wildman–Crippen LogP) is 0.0453. The molecule has 0 spiro atoms. The summed E-state index contributed by atoms with van der Waals surface area (Å²) < 4.78 is 7.23. The van der Waals surface area contributed by atoms with Crippen molar-refractivity contribution in [2.45, 2.75) is 31.9 Å². The van der Waals surface area contributed by atoms with Crippen molar-refractivity contribution < 1.29 is 9.84 Å². The number of ether oxygens (including phenoxy) is 1. The van der Waals surface area contributed by atoms with Crippen LogP contribution in [0.3, 0.4) is 0 Å². The molecular weight excluding hydrogens is 232 g/mol. The summed E-state index contributed by atoms with van der Waals surface area (Å²) in [6.07, 6.45) is 6.66. The molecule has 102 valence electrons. The second-order valence-corrected chi connectivity index (χ2v) is 4.86. The van der Waals surface area contributed by atoms with Crippen LogP contribution < -0.4 is 5.32 Å². The summed E-state index contributed by atoms with van der Waals surface area (Å²) in [7, 11) is 0. The van der Waals surface area contributed by atoms with E-state index in [0.717, 1.165) is 32.0 Å². The van der Waals surface area contributed by atoms with Crippen molar-refractivity contribution >= 4 is 0 Å². The first-order valence-corrected chi connectivity index (χ1v) is 6.65. The number of rotatable bonds is 10. The zero-order valence-electron chi connectivity index (χ0n) is 10.7. The Bertz CT molecular complexity index is 314. The molecule has 0 bridgehead atoms. The highest BCUT2D eigenvalue weighted by Gasteiger charge is 2.21. The van der Waals surface area contributed by atoms with Gasteiger partial charge in [0.05, 0.1) is 18.9 Å². The zero-order valence-corrected chi connectivity index (χ0v) is 10.7. The van der Waals surface area contributed by atoms with Gasteiger partial charge in [0.2, 0.25) is 0 Å². The molecule has 1 aliphatic carbocycles. The molecule has 2 rings (SSSR count). The minimum absolute atomic E-state index is 0.407. The van der Waals surface area contributed by atoms with Gasteiger partial charge in [0.1, 0.15) is 0 Å². The molecule has 18 heavy (non-hydrogen) atoms. The van der Waals surface area contributed by atoms with E-state index < -0.39 is 6.10 Å². The molecule has 1 unspecified atom stereocenters. The molecule has 1 aromatic rings. The monoisotopic (exact) mass is 254 g/mol. The lowest BCUT2D eigenvalue weighted by Gasteiger charge is -2.12. The smallest absolute Gasteiger partial charge is 0.0897 e. The number of aliphatic hydroxyl groups excluding tert-OH is 1. The van der Waals surface area contributed by atoms with Crippen molar-refractivity contribution in [2.24, 2.45) is 5.92 Å². The summed E-state index contributed by atoms with van der Waals surface area (Å²) in [6.45, 7) is 3.54.